The minimum Gasteiger partial charge on any atom is -0.447 e. The summed E-state index contributed by atoms with van der Waals surface area (Å²) in [7, 11) is 2.06. The smallest absolute Gasteiger partial charge is 0.410 e. The summed E-state index contributed by atoms with van der Waals surface area (Å²) in [4.78, 5) is 16.5. The van der Waals surface area contributed by atoms with Crippen molar-refractivity contribution >= 4 is 6.09 Å². The first-order valence-electron chi connectivity index (χ1n) is 9.60. The summed E-state index contributed by atoms with van der Waals surface area (Å²) in [5.41, 5.74) is 0. The molecule has 0 aromatic carbocycles. The van der Waals surface area contributed by atoms with Crippen LogP contribution < -0.4 is 0 Å². The molecule has 0 bridgehead atoms. The summed E-state index contributed by atoms with van der Waals surface area (Å²) in [6.07, 6.45) is 5.62. The van der Waals surface area contributed by atoms with Crippen LogP contribution in [-0.4, -0.2) is 62.9 Å². The van der Waals surface area contributed by atoms with Gasteiger partial charge in [0.25, 0.3) is 0 Å². The Labute approximate surface area is 150 Å². The van der Waals surface area contributed by atoms with Crippen LogP contribution in [-0.2, 0) is 18.3 Å². The molecule has 7 heteroatoms. The molecular formula is C18H31N5O2. The minimum absolute atomic E-state index is 0.0844. The van der Waals surface area contributed by atoms with Crippen LogP contribution in [0.15, 0.2) is 0 Å². The lowest BCUT2D eigenvalue weighted by molar-refractivity contribution is 0.0675. The topological polar surface area (TPSA) is 63.5 Å². The van der Waals surface area contributed by atoms with Gasteiger partial charge in [-0.1, -0.05) is 6.42 Å². The van der Waals surface area contributed by atoms with Crippen molar-refractivity contribution in [1.82, 2.24) is 24.6 Å². The van der Waals surface area contributed by atoms with Crippen molar-refractivity contribution in [3.8, 4) is 0 Å². The molecule has 0 aliphatic carbocycles. The average Bonchev–Trinajstić information content (AvgIpc) is 2.96. The zero-order valence-corrected chi connectivity index (χ0v) is 15.8. The van der Waals surface area contributed by atoms with Crippen molar-refractivity contribution in [2.24, 2.45) is 7.05 Å². The van der Waals surface area contributed by atoms with E-state index >= 15 is 0 Å². The third-order valence-electron chi connectivity index (χ3n) is 5.19. The van der Waals surface area contributed by atoms with Gasteiger partial charge in [-0.15, -0.1) is 10.2 Å². The summed E-state index contributed by atoms with van der Waals surface area (Å²) in [6.45, 7) is 8.38. The highest BCUT2D eigenvalue weighted by Crippen LogP contribution is 2.26. The molecule has 140 valence electrons. The standard InChI is InChI=1S/C18H31N5O2/c1-14(2)25-18(24)23-11-7-8-15(12-23)17-20-19-16(21(17)3)13-22-9-5-4-6-10-22/h14-15H,4-13H2,1-3H3/t15-/m1/s1. The van der Waals surface area contributed by atoms with Gasteiger partial charge in [0.15, 0.2) is 0 Å². The molecule has 1 aromatic heterocycles. The fourth-order valence-corrected chi connectivity index (χ4v) is 3.82. The monoisotopic (exact) mass is 349 g/mol. The molecule has 0 spiro atoms. The zero-order chi connectivity index (χ0) is 17.8. The van der Waals surface area contributed by atoms with E-state index in [-0.39, 0.29) is 18.1 Å². The number of hydrogen-bond donors (Lipinski definition) is 0. The Kier molecular flexibility index (Phi) is 5.93. The van der Waals surface area contributed by atoms with Crippen molar-refractivity contribution in [2.45, 2.75) is 64.5 Å². The Morgan fingerprint density at radius 3 is 2.64 bits per heavy atom. The summed E-state index contributed by atoms with van der Waals surface area (Å²) < 4.78 is 7.48. The number of carbonyl (C=O) groups excluding carboxylic acids is 1. The van der Waals surface area contributed by atoms with Gasteiger partial charge in [-0.05, 0) is 52.6 Å². The number of rotatable bonds is 4. The quantitative estimate of drug-likeness (QED) is 0.836. The van der Waals surface area contributed by atoms with E-state index < -0.39 is 0 Å². The first kappa shape index (κ1) is 18.2. The normalized spacial score (nSPS) is 22.4. The number of carbonyl (C=O) groups is 1. The number of aromatic nitrogens is 3. The summed E-state index contributed by atoms with van der Waals surface area (Å²) >= 11 is 0. The molecule has 1 amide bonds. The van der Waals surface area contributed by atoms with E-state index in [2.05, 4.69) is 26.7 Å². The number of likely N-dealkylation sites (tertiary alicyclic amines) is 2. The molecule has 3 rings (SSSR count). The highest BCUT2D eigenvalue weighted by Gasteiger charge is 2.29. The first-order chi connectivity index (χ1) is 12.0. The van der Waals surface area contributed by atoms with E-state index in [1.54, 1.807) is 0 Å². The lowest BCUT2D eigenvalue weighted by atomic mass is 9.97. The van der Waals surface area contributed by atoms with Gasteiger partial charge < -0.3 is 14.2 Å². The van der Waals surface area contributed by atoms with E-state index in [1.807, 2.05) is 18.7 Å². The molecule has 0 unspecified atom stereocenters. The molecule has 25 heavy (non-hydrogen) atoms. The van der Waals surface area contributed by atoms with Crippen LogP contribution in [0.4, 0.5) is 4.79 Å². The van der Waals surface area contributed by atoms with Crippen LogP contribution in [0.2, 0.25) is 0 Å². The van der Waals surface area contributed by atoms with Gasteiger partial charge in [0.2, 0.25) is 0 Å². The van der Waals surface area contributed by atoms with Crippen molar-refractivity contribution in [3.63, 3.8) is 0 Å². The molecule has 3 heterocycles. The van der Waals surface area contributed by atoms with Crippen molar-refractivity contribution in [2.75, 3.05) is 26.2 Å². The third-order valence-corrected chi connectivity index (χ3v) is 5.19. The molecule has 1 aromatic rings. The highest BCUT2D eigenvalue weighted by molar-refractivity contribution is 5.68. The minimum atomic E-state index is -0.213. The van der Waals surface area contributed by atoms with Crippen molar-refractivity contribution in [1.29, 1.82) is 0 Å². The molecule has 7 nitrogen and oxygen atoms in total. The van der Waals surface area contributed by atoms with Crippen LogP contribution >= 0.6 is 0 Å². The molecule has 2 saturated heterocycles. The van der Waals surface area contributed by atoms with Crippen molar-refractivity contribution in [3.05, 3.63) is 11.6 Å². The van der Waals surface area contributed by atoms with Gasteiger partial charge in [0.05, 0.1) is 12.6 Å². The molecule has 0 saturated carbocycles. The molecule has 0 N–H and O–H groups in total. The van der Waals surface area contributed by atoms with Crippen LogP contribution in [0.1, 0.15) is 63.5 Å². The lowest BCUT2D eigenvalue weighted by Crippen LogP contribution is -2.40. The van der Waals surface area contributed by atoms with Crippen LogP contribution in [0, 0.1) is 0 Å². The Morgan fingerprint density at radius 1 is 1.16 bits per heavy atom. The van der Waals surface area contributed by atoms with E-state index in [1.165, 1.54) is 19.3 Å². The maximum atomic E-state index is 12.2. The van der Waals surface area contributed by atoms with Gasteiger partial charge in [-0.25, -0.2) is 4.79 Å². The highest BCUT2D eigenvalue weighted by atomic mass is 16.6. The Morgan fingerprint density at radius 2 is 1.92 bits per heavy atom. The van der Waals surface area contributed by atoms with E-state index in [4.69, 9.17) is 4.74 Å². The maximum absolute atomic E-state index is 12.2. The SMILES string of the molecule is CC(C)OC(=O)N1CCC[C@@H](c2nnc(CN3CCCCC3)n2C)C1. The Balaban J connectivity index is 1.64. The zero-order valence-electron chi connectivity index (χ0n) is 15.8. The van der Waals surface area contributed by atoms with Crippen molar-refractivity contribution < 1.29 is 9.53 Å². The van der Waals surface area contributed by atoms with Gasteiger partial charge in [-0.3, -0.25) is 4.90 Å². The van der Waals surface area contributed by atoms with E-state index in [0.29, 0.717) is 6.54 Å². The van der Waals surface area contributed by atoms with E-state index in [0.717, 1.165) is 50.7 Å². The number of hydrogen-bond acceptors (Lipinski definition) is 5. The Bertz CT molecular complexity index is 580. The number of ether oxygens (including phenoxy) is 1. The second-order valence-electron chi connectivity index (χ2n) is 7.59. The molecule has 2 fully saturated rings. The summed E-state index contributed by atoms with van der Waals surface area (Å²) in [6, 6.07) is 0. The van der Waals surface area contributed by atoms with E-state index in [9.17, 15) is 4.79 Å². The molecular weight excluding hydrogens is 318 g/mol. The van der Waals surface area contributed by atoms with Gasteiger partial charge >= 0.3 is 6.09 Å². The van der Waals surface area contributed by atoms with Gasteiger partial charge in [0, 0.05) is 26.1 Å². The predicted molar refractivity (Wildman–Crippen MR) is 95.3 cm³/mol. The van der Waals surface area contributed by atoms with Crippen LogP contribution in [0.3, 0.4) is 0 Å². The van der Waals surface area contributed by atoms with Gasteiger partial charge in [0.1, 0.15) is 11.6 Å². The summed E-state index contributed by atoms with van der Waals surface area (Å²) in [5.74, 6) is 2.26. The average molecular weight is 349 g/mol. The summed E-state index contributed by atoms with van der Waals surface area (Å²) in [5, 5.41) is 8.91. The fraction of sp³-hybridized carbons (Fsp3) is 0.833. The largest absolute Gasteiger partial charge is 0.447 e. The molecule has 1 atom stereocenters. The third kappa shape index (κ3) is 4.51. The number of nitrogens with zero attached hydrogens (tertiary/aromatic N) is 5. The maximum Gasteiger partial charge on any atom is 0.410 e. The van der Waals surface area contributed by atoms with Crippen LogP contribution in [0.5, 0.6) is 0 Å². The molecule has 0 radical (unpaired) electrons. The second kappa shape index (κ2) is 8.17. The Hall–Kier alpha value is -1.63. The first-order valence-corrected chi connectivity index (χ1v) is 9.60. The lowest BCUT2D eigenvalue weighted by Gasteiger charge is -2.32. The fourth-order valence-electron chi connectivity index (χ4n) is 3.82. The molecule has 2 aliphatic heterocycles. The number of piperidine rings is 2. The second-order valence-corrected chi connectivity index (χ2v) is 7.59. The molecule has 2 aliphatic rings. The van der Waals surface area contributed by atoms with Gasteiger partial charge in [-0.2, -0.15) is 0 Å². The number of amides is 1. The predicted octanol–water partition coefficient (Wildman–Crippen LogP) is 2.53. The van der Waals surface area contributed by atoms with Crippen LogP contribution in [0.25, 0.3) is 0 Å².